The molecule has 0 aliphatic carbocycles. The fraction of sp³-hybridized carbons (Fsp3) is 0.609. The average Bonchev–Trinajstić information content (AvgIpc) is 2.67. The molecule has 0 unspecified atom stereocenters. The van der Waals surface area contributed by atoms with Crippen molar-refractivity contribution in [2.24, 2.45) is 0 Å². The number of carbonyl (C=O) groups excluding carboxylic acids is 2. The zero-order valence-corrected chi connectivity index (χ0v) is 17.5. The Morgan fingerprint density at radius 2 is 1.45 bits per heavy atom. The predicted molar refractivity (Wildman–Crippen MR) is 113 cm³/mol. The van der Waals surface area contributed by atoms with Crippen molar-refractivity contribution in [3.63, 3.8) is 0 Å². The van der Waals surface area contributed by atoms with Crippen molar-refractivity contribution in [3.05, 3.63) is 29.8 Å². The quantitative estimate of drug-likeness (QED) is 0.280. The van der Waals surface area contributed by atoms with Gasteiger partial charge in [-0.3, -0.25) is 9.59 Å². The lowest BCUT2D eigenvalue weighted by atomic mass is 10.0. The number of hydrogen-bond donors (Lipinski definition) is 3. The third kappa shape index (κ3) is 11.9. The Labute approximate surface area is 173 Å². The molecule has 6 heteroatoms. The maximum absolute atomic E-state index is 12.0. The lowest BCUT2D eigenvalue weighted by Crippen LogP contribution is -2.42. The molecule has 0 aliphatic rings. The fourth-order valence-electron chi connectivity index (χ4n) is 3.21. The Bertz CT molecular complexity index is 627. The van der Waals surface area contributed by atoms with Gasteiger partial charge in [0.05, 0.1) is 6.42 Å². The van der Waals surface area contributed by atoms with E-state index in [0.29, 0.717) is 12.0 Å². The molecule has 1 amide bonds. The summed E-state index contributed by atoms with van der Waals surface area (Å²) in [6.07, 6.45) is 10.6. The number of rotatable bonds is 16. The number of nitrogens with one attached hydrogen (secondary N) is 1. The lowest BCUT2D eigenvalue weighted by molar-refractivity contribution is -0.142. The number of benzene rings is 1. The van der Waals surface area contributed by atoms with Crippen molar-refractivity contribution >= 4 is 17.7 Å². The summed E-state index contributed by atoms with van der Waals surface area (Å²) in [5, 5.41) is 21.0. The molecular weight excluding hydrogens is 370 g/mol. The first-order valence-electron chi connectivity index (χ1n) is 10.7. The lowest BCUT2D eigenvalue weighted by Gasteiger charge is -2.14. The third-order valence-corrected chi connectivity index (χ3v) is 4.93. The second kappa shape index (κ2) is 14.6. The van der Waals surface area contributed by atoms with Crippen LogP contribution < -0.4 is 5.32 Å². The molecule has 0 radical (unpaired) electrons. The summed E-state index contributed by atoms with van der Waals surface area (Å²) < 4.78 is 0. The minimum Gasteiger partial charge on any atom is -0.508 e. The Hall–Kier alpha value is -2.37. The van der Waals surface area contributed by atoms with Gasteiger partial charge in [0.15, 0.2) is 0 Å². The predicted octanol–water partition coefficient (Wildman–Crippen LogP) is 4.38. The van der Waals surface area contributed by atoms with Crippen LogP contribution in [0.5, 0.6) is 5.75 Å². The van der Waals surface area contributed by atoms with Gasteiger partial charge in [0.25, 0.3) is 0 Å². The van der Waals surface area contributed by atoms with Crippen molar-refractivity contribution in [3.8, 4) is 5.75 Å². The van der Waals surface area contributed by atoms with E-state index < -0.39 is 17.9 Å². The molecule has 1 aromatic rings. The van der Waals surface area contributed by atoms with E-state index in [1.165, 1.54) is 50.7 Å². The van der Waals surface area contributed by atoms with Gasteiger partial charge in [0.2, 0.25) is 5.91 Å². The van der Waals surface area contributed by atoms with E-state index in [0.717, 1.165) is 19.3 Å². The first-order chi connectivity index (χ1) is 13.9. The number of phenols is 1. The Balaban J connectivity index is 2.22. The van der Waals surface area contributed by atoms with E-state index >= 15 is 0 Å². The van der Waals surface area contributed by atoms with E-state index in [-0.39, 0.29) is 24.4 Å². The summed E-state index contributed by atoms with van der Waals surface area (Å²) in [6.45, 7) is 2.20. The highest BCUT2D eigenvalue weighted by Crippen LogP contribution is 2.13. The van der Waals surface area contributed by atoms with Gasteiger partial charge in [0.1, 0.15) is 17.6 Å². The minimum atomic E-state index is -1.15. The summed E-state index contributed by atoms with van der Waals surface area (Å²) in [5.41, 5.74) is 0.677. The van der Waals surface area contributed by atoms with E-state index in [4.69, 9.17) is 0 Å². The van der Waals surface area contributed by atoms with E-state index in [1.54, 1.807) is 12.1 Å². The molecule has 0 saturated carbocycles. The van der Waals surface area contributed by atoms with Crippen LogP contribution >= 0.6 is 0 Å². The molecule has 6 nitrogen and oxygen atoms in total. The standard InChI is InChI=1S/C23H35NO5/c1-2-3-4-5-6-7-8-9-10-11-20(26)17-22(27)24-21(23(28)29)16-18-12-14-19(25)15-13-18/h12-15,21,25H,2-11,16-17H2,1H3,(H,24,27)(H,28,29)/t21-/m0/s1. The first-order valence-corrected chi connectivity index (χ1v) is 10.7. The Kier molecular flexibility index (Phi) is 12.4. The number of aliphatic carboxylic acids is 1. The number of hydrogen-bond acceptors (Lipinski definition) is 4. The average molecular weight is 406 g/mol. The molecule has 162 valence electrons. The molecule has 0 bridgehead atoms. The molecule has 29 heavy (non-hydrogen) atoms. The molecule has 0 aliphatic heterocycles. The summed E-state index contributed by atoms with van der Waals surface area (Å²) in [6, 6.07) is 5.03. The van der Waals surface area contributed by atoms with Gasteiger partial charge < -0.3 is 15.5 Å². The zero-order chi connectivity index (χ0) is 21.5. The number of ketones is 1. The van der Waals surface area contributed by atoms with Gasteiger partial charge in [-0.1, -0.05) is 70.4 Å². The molecule has 0 saturated heterocycles. The van der Waals surface area contributed by atoms with Gasteiger partial charge in [-0.15, -0.1) is 0 Å². The molecule has 1 rings (SSSR count). The third-order valence-electron chi connectivity index (χ3n) is 4.93. The second-order valence-electron chi connectivity index (χ2n) is 7.62. The van der Waals surface area contributed by atoms with Crippen molar-refractivity contribution in [2.45, 2.75) is 90.0 Å². The van der Waals surface area contributed by atoms with Crippen LogP contribution in [0, 0.1) is 0 Å². The molecule has 1 atom stereocenters. The van der Waals surface area contributed by atoms with E-state index in [9.17, 15) is 24.6 Å². The molecule has 1 aromatic carbocycles. The summed E-state index contributed by atoms with van der Waals surface area (Å²) >= 11 is 0. The number of carboxylic acid groups (broad SMARTS) is 1. The van der Waals surface area contributed by atoms with Gasteiger partial charge in [-0.2, -0.15) is 0 Å². The Morgan fingerprint density at radius 1 is 0.897 bits per heavy atom. The molecule has 3 N–H and O–H groups in total. The van der Waals surface area contributed by atoms with Crippen molar-refractivity contribution in [1.82, 2.24) is 5.32 Å². The van der Waals surface area contributed by atoms with Crippen LogP contribution in [0.1, 0.15) is 83.1 Å². The molecule has 0 spiro atoms. The van der Waals surface area contributed by atoms with Crippen LogP contribution in [0.15, 0.2) is 24.3 Å². The number of carbonyl (C=O) groups is 3. The summed E-state index contributed by atoms with van der Waals surface area (Å²) in [5.74, 6) is -1.78. The van der Waals surface area contributed by atoms with Gasteiger partial charge in [-0.05, 0) is 24.1 Å². The highest BCUT2D eigenvalue weighted by molar-refractivity contribution is 5.99. The Morgan fingerprint density at radius 3 is 2.00 bits per heavy atom. The normalized spacial score (nSPS) is 11.8. The van der Waals surface area contributed by atoms with Crippen LogP contribution in [0.3, 0.4) is 0 Å². The van der Waals surface area contributed by atoms with Crippen LogP contribution in [0.4, 0.5) is 0 Å². The smallest absolute Gasteiger partial charge is 0.326 e. The minimum absolute atomic E-state index is 0.0896. The number of carboxylic acids is 1. The SMILES string of the molecule is CCCCCCCCCCCC(=O)CC(=O)N[C@@H](Cc1ccc(O)cc1)C(=O)O. The van der Waals surface area contributed by atoms with Crippen LogP contribution in [0.2, 0.25) is 0 Å². The van der Waals surface area contributed by atoms with E-state index in [1.807, 2.05) is 0 Å². The maximum Gasteiger partial charge on any atom is 0.326 e. The zero-order valence-electron chi connectivity index (χ0n) is 17.5. The van der Waals surface area contributed by atoms with Crippen LogP contribution in [0.25, 0.3) is 0 Å². The first kappa shape index (κ1) is 24.7. The number of phenolic OH excluding ortho intramolecular Hbond substituents is 1. The monoisotopic (exact) mass is 405 g/mol. The molecular formula is C23H35NO5. The largest absolute Gasteiger partial charge is 0.508 e. The highest BCUT2D eigenvalue weighted by atomic mass is 16.4. The topological polar surface area (TPSA) is 104 Å². The van der Waals surface area contributed by atoms with Crippen molar-refractivity contribution < 1.29 is 24.6 Å². The van der Waals surface area contributed by atoms with Crippen LogP contribution in [-0.4, -0.2) is 33.9 Å². The van der Waals surface area contributed by atoms with Gasteiger partial charge >= 0.3 is 5.97 Å². The molecule has 0 fully saturated rings. The molecule has 0 aromatic heterocycles. The summed E-state index contributed by atoms with van der Waals surface area (Å²) in [4.78, 5) is 35.4. The fourth-order valence-corrected chi connectivity index (χ4v) is 3.21. The highest BCUT2D eigenvalue weighted by Gasteiger charge is 2.21. The number of unbranched alkanes of at least 4 members (excludes halogenated alkanes) is 8. The second-order valence-corrected chi connectivity index (χ2v) is 7.62. The van der Waals surface area contributed by atoms with Crippen molar-refractivity contribution in [1.29, 1.82) is 0 Å². The van der Waals surface area contributed by atoms with Crippen molar-refractivity contribution in [2.75, 3.05) is 0 Å². The maximum atomic E-state index is 12.0. The number of aromatic hydroxyl groups is 1. The van der Waals surface area contributed by atoms with E-state index in [2.05, 4.69) is 12.2 Å². The molecule has 0 heterocycles. The number of Topliss-reactive ketones (excluding diaryl/α,β-unsaturated/α-hetero) is 1. The summed E-state index contributed by atoms with van der Waals surface area (Å²) in [7, 11) is 0. The van der Waals surface area contributed by atoms with Crippen LogP contribution in [-0.2, 0) is 20.8 Å². The van der Waals surface area contributed by atoms with Gasteiger partial charge in [0, 0.05) is 12.8 Å². The van der Waals surface area contributed by atoms with Gasteiger partial charge in [-0.25, -0.2) is 4.79 Å². The number of amides is 1.